The van der Waals surface area contributed by atoms with Crippen molar-refractivity contribution >= 4 is 39.6 Å². The standard InChI is InChI=1S/C27H27N5O/c1-4-5-14-32-23-13-9-7-10-19(23)21-15-18(29-24(17(2)3)26(21)32)16-28-31-25-20-11-6-8-12-22(20)30-27(25)33/h6-13,15-17H,4-5,14H2,1-3H3,(H,30,31,33). The number of aryl methyl sites for hydroxylation is 1. The van der Waals surface area contributed by atoms with Crippen molar-refractivity contribution in [3.05, 3.63) is 76.6 Å². The number of rotatable bonds is 7. The summed E-state index contributed by atoms with van der Waals surface area (Å²) < 4.78 is 2.42. The Bertz CT molecular complexity index is 1530. The van der Waals surface area contributed by atoms with Crippen molar-refractivity contribution < 1.29 is 4.79 Å². The molecule has 0 unspecified atom stereocenters. The summed E-state index contributed by atoms with van der Waals surface area (Å²) in [6.07, 6.45) is 3.95. The van der Waals surface area contributed by atoms with Crippen molar-refractivity contribution in [3.8, 4) is 0 Å². The van der Waals surface area contributed by atoms with Gasteiger partial charge in [-0.1, -0.05) is 63.6 Å². The van der Waals surface area contributed by atoms with Crippen LogP contribution in [0.3, 0.4) is 0 Å². The molecule has 33 heavy (non-hydrogen) atoms. The van der Waals surface area contributed by atoms with Gasteiger partial charge in [0, 0.05) is 28.1 Å². The van der Waals surface area contributed by atoms with E-state index in [4.69, 9.17) is 4.98 Å². The van der Waals surface area contributed by atoms with E-state index in [-0.39, 0.29) is 11.8 Å². The second-order valence-corrected chi connectivity index (χ2v) is 8.68. The highest BCUT2D eigenvalue weighted by atomic mass is 16.1. The molecule has 0 saturated heterocycles. The highest BCUT2D eigenvalue weighted by Gasteiger charge is 2.18. The third-order valence-corrected chi connectivity index (χ3v) is 6.06. The van der Waals surface area contributed by atoms with Crippen LogP contribution in [0.2, 0.25) is 0 Å². The molecule has 0 spiro atoms. The van der Waals surface area contributed by atoms with E-state index in [1.165, 1.54) is 21.8 Å². The molecule has 1 amide bonds. The third-order valence-electron chi connectivity index (χ3n) is 6.06. The summed E-state index contributed by atoms with van der Waals surface area (Å²) in [7, 11) is 0. The summed E-state index contributed by atoms with van der Waals surface area (Å²) in [5.41, 5.74) is 7.56. The monoisotopic (exact) mass is 437 g/mol. The first kappa shape index (κ1) is 21.1. The van der Waals surface area contributed by atoms with Crippen molar-refractivity contribution in [2.45, 2.75) is 46.1 Å². The molecule has 2 aromatic carbocycles. The maximum absolute atomic E-state index is 12.3. The number of carbonyl (C=O) groups excluding carboxylic acids is 1. The molecule has 0 radical (unpaired) electrons. The molecule has 1 aliphatic heterocycles. The van der Waals surface area contributed by atoms with Crippen LogP contribution in [0.15, 0.2) is 64.7 Å². The number of aromatic nitrogens is 2. The average molecular weight is 438 g/mol. The number of nitrogens with one attached hydrogen (secondary N) is 1. The molecule has 6 nitrogen and oxygen atoms in total. The Hall–Kier alpha value is -3.80. The lowest BCUT2D eigenvalue weighted by Gasteiger charge is -2.13. The van der Waals surface area contributed by atoms with Crippen LogP contribution in [0.4, 0.5) is 0 Å². The van der Waals surface area contributed by atoms with Gasteiger partial charge in [0.1, 0.15) is 5.70 Å². The fourth-order valence-electron chi connectivity index (χ4n) is 4.48. The Morgan fingerprint density at radius 2 is 1.88 bits per heavy atom. The first-order valence-corrected chi connectivity index (χ1v) is 11.5. The van der Waals surface area contributed by atoms with Crippen molar-refractivity contribution in [3.63, 3.8) is 0 Å². The minimum atomic E-state index is -0.307. The van der Waals surface area contributed by atoms with Crippen LogP contribution in [0.25, 0.3) is 27.5 Å². The van der Waals surface area contributed by atoms with Crippen molar-refractivity contribution in [1.29, 1.82) is 0 Å². The van der Waals surface area contributed by atoms with Gasteiger partial charge in [0.25, 0.3) is 5.91 Å². The van der Waals surface area contributed by atoms with Crippen LogP contribution in [-0.2, 0) is 11.3 Å². The molecule has 4 aromatic rings. The summed E-state index contributed by atoms with van der Waals surface area (Å²) in [4.78, 5) is 21.3. The number of hydrogen-bond acceptors (Lipinski definition) is 4. The molecule has 0 atom stereocenters. The number of unbranched alkanes of at least 4 members (excludes halogenated alkanes) is 1. The van der Waals surface area contributed by atoms with Crippen molar-refractivity contribution in [1.82, 2.24) is 15.0 Å². The third kappa shape index (κ3) is 3.71. The molecule has 1 N–H and O–H groups in total. The number of hydrogen-bond donors (Lipinski definition) is 1. The Morgan fingerprint density at radius 3 is 2.70 bits per heavy atom. The van der Waals surface area contributed by atoms with E-state index < -0.39 is 0 Å². The summed E-state index contributed by atoms with van der Waals surface area (Å²) in [5.74, 6) is -0.0476. The Balaban J connectivity index is 1.60. The lowest BCUT2D eigenvalue weighted by Crippen LogP contribution is -2.26. The number of amides is 1. The normalized spacial score (nSPS) is 13.5. The zero-order valence-corrected chi connectivity index (χ0v) is 19.2. The summed E-state index contributed by atoms with van der Waals surface area (Å²) in [5, 5.41) is 8.20. The van der Waals surface area contributed by atoms with Gasteiger partial charge in [0.15, 0.2) is 0 Å². The van der Waals surface area contributed by atoms with Crippen molar-refractivity contribution in [2.24, 2.45) is 10.1 Å². The Kier molecular flexibility index (Phi) is 5.50. The van der Waals surface area contributed by atoms with Gasteiger partial charge < -0.3 is 4.57 Å². The fraction of sp³-hybridized carbons (Fsp3) is 0.259. The second-order valence-electron chi connectivity index (χ2n) is 8.68. The van der Waals surface area contributed by atoms with E-state index in [1.807, 2.05) is 24.3 Å². The van der Waals surface area contributed by atoms with Gasteiger partial charge >= 0.3 is 0 Å². The van der Waals surface area contributed by atoms with Crippen LogP contribution in [0, 0.1) is 0 Å². The molecule has 3 heterocycles. The predicted molar refractivity (Wildman–Crippen MR) is 133 cm³/mol. The van der Waals surface area contributed by atoms with Gasteiger partial charge in [-0.3, -0.25) is 10.2 Å². The zero-order chi connectivity index (χ0) is 22.9. The SMILES string of the molecule is CCCCn1c2ccccc2c2cc(C=NNC3=c4ccccc4=NC3=O)nc(C(C)C)c21. The number of hydrazone groups is 1. The van der Waals surface area contributed by atoms with Gasteiger partial charge in [0.05, 0.1) is 28.5 Å². The number of nitrogens with zero attached hydrogens (tertiary/aromatic N) is 4. The lowest BCUT2D eigenvalue weighted by atomic mass is 10.0. The van der Waals surface area contributed by atoms with E-state index in [1.54, 1.807) is 6.21 Å². The summed E-state index contributed by atoms with van der Waals surface area (Å²) in [6, 6.07) is 18.1. The van der Waals surface area contributed by atoms with Gasteiger partial charge in [-0.2, -0.15) is 5.10 Å². The van der Waals surface area contributed by atoms with Gasteiger partial charge in [-0.25, -0.2) is 9.98 Å². The molecule has 0 fully saturated rings. The number of carbonyl (C=O) groups is 1. The molecule has 166 valence electrons. The lowest BCUT2D eigenvalue weighted by molar-refractivity contribution is -0.113. The van der Waals surface area contributed by atoms with Gasteiger partial charge in [0.2, 0.25) is 0 Å². The van der Waals surface area contributed by atoms with Crippen LogP contribution in [-0.4, -0.2) is 21.7 Å². The Morgan fingerprint density at radius 1 is 1.09 bits per heavy atom. The molecule has 2 aromatic heterocycles. The number of fused-ring (bicyclic) bond motifs is 4. The molecular weight excluding hydrogens is 410 g/mol. The van der Waals surface area contributed by atoms with E-state index in [2.05, 4.69) is 71.2 Å². The molecule has 1 aliphatic rings. The van der Waals surface area contributed by atoms with Gasteiger partial charge in [-0.15, -0.1) is 0 Å². The quantitative estimate of drug-likeness (QED) is 0.351. The second kappa shape index (κ2) is 8.62. The van der Waals surface area contributed by atoms with Crippen LogP contribution < -0.4 is 16.0 Å². The minimum absolute atomic E-state index is 0.259. The van der Waals surface area contributed by atoms with Crippen LogP contribution in [0.5, 0.6) is 0 Å². The smallest absolute Gasteiger partial charge is 0.296 e. The topological polar surface area (TPSA) is 71.6 Å². The van der Waals surface area contributed by atoms with Gasteiger partial charge in [-0.05, 0) is 30.5 Å². The first-order valence-electron chi connectivity index (χ1n) is 11.5. The van der Waals surface area contributed by atoms with E-state index in [9.17, 15) is 4.79 Å². The Labute approximate surface area is 192 Å². The van der Waals surface area contributed by atoms with E-state index in [0.717, 1.165) is 36.0 Å². The number of pyridine rings is 1. The average Bonchev–Trinajstić information content (AvgIpc) is 3.31. The maximum atomic E-state index is 12.3. The predicted octanol–water partition coefficient (Wildman–Crippen LogP) is 4.00. The number of para-hydroxylation sites is 2. The molecule has 0 aliphatic carbocycles. The largest absolute Gasteiger partial charge is 0.339 e. The molecule has 0 bridgehead atoms. The van der Waals surface area contributed by atoms with E-state index >= 15 is 0 Å². The highest BCUT2D eigenvalue weighted by Crippen LogP contribution is 2.34. The highest BCUT2D eigenvalue weighted by molar-refractivity contribution is 6.14. The molecule has 6 heteroatoms. The minimum Gasteiger partial charge on any atom is -0.339 e. The molecule has 0 saturated carbocycles. The van der Waals surface area contributed by atoms with Crippen LogP contribution in [0.1, 0.15) is 50.9 Å². The molecular formula is C27H27N5O. The first-order chi connectivity index (χ1) is 16.1. The van der Waals surface area contributed by atoms with E-state index in [0.29, 0.717) is 11.1 Å². The fourth-order valence-corrected chi connectivity index (χ4v) is 4.48. The summed E-state index contributed by atoms with van der Waals surface area (Å²) in [6.45, 7) is 7.54. The molecule has 5 rings (SSSR count). The van der Waals surface area contributed by atoms with Crippen molar-refractivity contribution in [2.75, 3.05) is 0 Å². The zero-order valence-electron chi connectivity index (χ0n) is 19.2. The number of benzene rings is 2. The maximum Gasteiger partial charge on any atom is 0.296 e. The van der Waals surface area contributed by atoms with Crippen LogP contribution >= 0.6 is 0 Å². The summed E-state index contributed by atoms with van der Waals surface area (Å²) >= 11 is 0.